The summed E-state index contributed by atoms with van der Waals surface area (Å²) in [4.78, 5) is 33.7. The fraction of sp³-hybridized carbons (Fsp3) is 0.667. The lowest BCUT2D eigenvalue weighted by Crippen LogP contribution is -2.51. The van der Waals surface area contributed by atoms with E-state index >= 15 is 0 Å². The van der Waals surface area contributed by atoms with Crippen molar-refractivity contribution < 1.29 is 9.59 Å². The summed E-state index contributed by atoms with van der Waals surface area (Å²) >= 11 is 0. The average molecular weight is 430 g/mol. The molecule has 2 aliphatic rings. The molecule has 2 saturated heterocycles. The summed E-state index contributed by atoms with van der Waals surface area (Å²) in [6.45, 7) is 13.5. The third-order valence-electron chi connectivity index (χ3n) is 6.35. The third-order valence-corrected chi connectivity index (χ3v) is 6.35. The van der Waals surface area contributed by atoms with Crippen molar-refractivity contribution in [2.75, 3.05) is 69.1 Å². The molecule has 0 unspecified atom stereocenters. The average Bonchev–Trinajstić information content (AvgIpc) is 2.77. The van der Waals surface area contributed by atoms with Crippen LogP contribution in [0, 0.1) is 0 Å². The number of piperazine rings is 1. The quantitative estimate of drug-likeness (QED) is 0.688. The van der Waals surface area contributed by atoms with Crippen LogP contribution < -0.4 is 10.2 Å². The van der Waals surface area contributed by atoms with Gasteiger partial charge in [-0.05, 0) is 64.3 Å². The number of piperidine rings is 1. The van der Waals surface area contributed by atoms with Crippen molar-refractivity contribution in [3.63, 3.8) is 0 Å². The molecule has 0 atom stereocenters. The lowest BCUT2D eigenvalue weighted by molar-refractivity contribution is -0.134. The van der Waals surface area contributed by atoms with Gasteiger partial charge in [-0.15, -0.1) is 0 Å². The Morgan fingerprint density at radius 1 is 0.903 bits per heavy atom. The second-order valence-electron chi connectivity index (χ2n) is 8.97. The van der Waals surface area contributed by atoms with Gasteiger partial charge in [0.25, 0.3) is 0 Å². The van der Waals surface area contributed by atoms with Crippen molar-refractivity contribution in [3.05, 3.63) is 24.3 Å². The third kappa shape index (κ3) is 6.94. The van der Waals surface area contributed by atoms with Gasteiger partial charge in [-0.2, -0.15) is 0 Å². The van der Waals surface area contributed by atoms with Crippen LogP contribution in [0.4, 0.5) is 11.4 Å². The Kier molecular flexibility index (Phi) is 8.72. The summed E-state index contributed by atoms with van der Waals surface area (Å²) in [5.74, 6) is 0.273. The summed E-state index contributed by atoms with van der Waals surface area (Å²) in [5, 5.41) is 3.02. The Bertz CT molecular complexity index is 707. The molecule has 1 N–H and O–H groups in total. The van der Waals surface area contributed by atoms with Crippen LogP contribution in [0.5, 0.6) is 0 Å². The summed E-state index contributed by atoms with van der Waals surface area (Å²) in [6, 6.07) is 8.53. The first-order valence-corrected chi connectivity index (χ1v) is 11.8. The Balaban J connectivity index is 1.39. The molecule has 1 aromatic rings. The minimum Gasteiger partial charge on any atom is -0.369 e. The van der Waals surface area contributed by atoms with E-state index in [-0.39, 0.29) is 11.8 Å². The maximum atomic E-state index is 12.5. The number of carbonyl (C=O) groups is 2. The van der Waals surface area contributed by atoms with Crippen LogP contribution in [0.2, 0.25) is 0 Å². The van der Waals surface area contributed by atoms with E-state index in [0.717, 1.165) is 64.3 Å². The first-order chi connectivity index (χ1) is 15.0. The molecule has 0 radical (unpaired) electrons. The largest absolute Gasteiger partial charge is 0.369 e. The molecule has 7 heteroatoms. The number of hydrogen-bond acceptors (Lipinski definition) is 5. The highest BCUT2D eigenvalue weighted by Gasteiger charge is 2.23. The maximum Gasteiger partial charge on any atom is 0.238 e. The van der Waals surface area contributed by atoms with E-state index in [4.69, 9.17) is 0 Å². The second kappa shape index (κ2) is 11.5. The standard InChI is InChI=1S/C24H39N5O2/c1-4-29(20(2)3)22-10-8-21(9-11-22)25-23(30)18-26-14-16-27(17-15-26)19-24(31)28-12-6-5-7-13-28/h8-11,20H,4-7,12-19H2,1-3H3,(H,25,30). The van der Waals surface area contributed by atoms with Crippen LogP contribution in [0.15, 0.2) is 24.3 Å². The van der Waals surface area contributed by atoms with Crippen LogP contribution in [0.1, 0.15) is 40.0 Å². The summed E-state index contributed by atoms with van der Waals surface area (Å²) in [6.07, 6.45) is 3.50. The highest BCUT2D eigenvalue weighted by atomic mass is 16.2. The number of hydrogen-bond donors (Lipinski definition) is 1. The zero-order valence-corrected chi connectivity index (χ0v) is 19.5. The van der Waals surface area contributed by atoms with Crippen molar-refractivity contribution in [2.24, 2.45) is 0 Å². The Morgan fingerprint density at radius 3 is 2.03 bits per heavy atom. The molecule has 7 nitrogen and oxygen atoms in total. The topological polar surface area (TPSA) is 59.1 Å². The van der Waals surface area contributed by atoms with Crippen LogP contribution in [-0.2, 0) is 9.59 Å². The smallest absolute Gasteiger partial charge is 0.238 e. The first kappa shape index (κ1) is 23.5. The lowest BCUT2D eigenvalue weighted by atomic mass is 10.1. The summed E-state index contributed by atoms with van der Waals surface area (Å²) < 4.78 is 0. The molecule has 0 spiro atoms. The lowest BCUT2D eigenvalue weighted by Gasteiger charge is -2.35. The molecule has 0 saturated carbocycles. The van der Waals surface area contributed by atoms with Gasteiger partial charge in [0, 0.05) is 63.2 Å². The van der Waals surface area contributed by atoms with Gasteiger partial charge >= 0.3 is 0 Å². The van der Waals surface area contributed by atoms with Gasteiger partial charge in [-0.1, -0.05) is 0 Å². The first-order valence-electron chi connectivity index (χ1n) is 11.8. The fourth-order valence-corrected chi connectivity index (χ4v) is 4.53. The number of nitrogens with one attached hydrogen (secondary N) is 1. The summed E-state index contributed by atoms with van der Waals surface area (Å²) in [5.41, 5.74) is 2.00. The van der Waals surface area contributed by atoms with E-state index in [9.17, 15) is 9.59 Å². The van der Waals surface area contributed by atoms with E-state index < -0.39 is 0 Å². The predicted molar refractivity (Wildman–Crippen MR) is 127 cm³/mol. The molecule has 31 heavy (non-hydrogen) atoms. The van der Waals surface area contributed by atoms with Crippen molar-refractivity contribution in [1.82, 2.24) is 14.7 Å². The fourth-order valence-electron chi connectivity index (χ4n) is 4.53. The van der Waals surface area contributed by atoms with Crippen LogP contribution in [-0.4, -0.2) is 91.5 Å². The molecule has 172 valence electrons. The number of anilines is 2. The molecular formula is C24H39N5O2. The molecule has 1 aromatic carbocycles. The van der Waals surface area contributed by atoms with Crippen molar-refractivity contribution >= 4 is 23.2 Å². The molecule has 2 fully saturated rings. The molecule has 2 amide bonds. The SMILES string of the molecule is CCN(c1ccc(NC(=O)CN2CCN(CC(=O)N3CCCCC3)CC2)cc1)C(C)C. The van der Waals surface area contributed by atoms with Crippen LogP contribution >= 0.6 is 0 Å². The van der Waals surface area contributed by atoms with Crippen molar-refractivity contribution in [2.45, 2.75) is 46.1 Å². The van der Waals surface area contributed by atoms with Gasteiger partial charge in [0.2, 0.25) is 11.8 Å². The zero-order valence-electron chi connectivity index (χ0n) is 19.5. The number of benzene rings is 1. The molecule has 2 heterocycles. The molecule has 0 bridgehead atoms. The number of nitrogens with zero attached hydrogens (tertiary/aromatic N) is 4. The second-order valence-corrected chi connectivity index (χ2v) is 8.97. The minimum atomic E-state index is 0.0156. The van der Waals surface area contributed by atoms with Crippen LogP contribution in [0.3, 0.4) is 0 Å². The monoisotopic (exact) mass is 429 g/mol. The zero-order chi connectivity index (χ0) is 22.2. The molecule has 0 aliphatic carbocycles. The molecule has 3 rings (SSSR count). The summed E-state index contributed by atoms with van der Waals surface area (Å²) in [7, 11) is 0. The number of likely N-dealkylation sites (tertiary alicyclic amines) is 1. The number of carbonyl (C=O) groups excluding carboxylic acids is 2. The van der Waals surface area contributed by atoms with Crippen LogP contribution in [0.25, 0.3) is 0 Å². The van der Waals surface area contributed by atoms with E-state index in [1.54, 1.807) is 0 Å². The Labute approximate surface area is 187 Å². The molecule has 0 aromatic heterocycles. The Hall–Kier alpha value is -2.12. The number of rotatable bonds is 8. The van der Waals surface area contributed by atoms with Gasteiger partial charge in [-0.25, -0.2) is 0 Å². The van der Waals surface area contributed by atoms with Gasteiger partial charge in [0.1, 0.15) is 0 Å². The Morgan fingerprint density at radius 2 is 1.48 bits per heavy atom. The van der Waals surface area contributed by atoms with E-state index in [1.165, 1.54) is 12.1 Å². The van der Waals surface area contributed by atoms with Gasteiger partial charge in [-0.3, -0.25) is 19.4 Å². The van der Waals surface area contributed by atoms with E-state index in [1.807, 2.05) is 17.0 Å². The highest BCUT2D eigenvalue weighted by Crippen LogP contribution is 2.20. The molecule has 2 aliphatic heterocycles. The van der Waals surface area contributed by atoms with Gasteiger partial charge in [0.05, 0.1) is 13.1 Å². The minimum absolute atomic E-state index is 0.0156. The van der Waals surface area contributed by atoms with Gasteiger partial charge < -0.3 is 15.1 Å². The van der Waals surface area contributed by atoms with Crippen molar-refractivity contribution in [1.29, 1.82) is 0 Å². The predicted octanol–water partition coefficient (Wildman–Crippen LogP) is 2.49. The van der Waals surface area contributed by atoms with Crippen molar-refractivity contribution in [3.8, 4) is 0 Å². The van der Waals surface area contributed by atoms with Gasteiger partial charge in [0.15, 0.2) is 0 Å². The molecular weight excluding hydrogens is 390 g/mol. The highest BCUT2D eigenvalue weighted by molar-refractivity contribution is 5.92. The van der Waals surface area contributed by atoms with E-state index in [2.05, 4.69) is 52.9 Å². The number of amides is 2. The maximum absolute atomic E-state index is 12.5. The normalized spacial score (nSPS) is 18.3. The van der Waals surface area contributed by atoms with E-state index in [0.29, 0.717) is 19.1 Å².